The Bertz CT molecular complexity index is 2060. The van der Waals surface area contributed by atoms with Gasteiger partial charge in [0, 0.05) is 30.9 Å². The molecule has 0 atom stereocenters. The molecule has 2 aromatic heterocycles. The van der Waals surface area contributed by atoms with Crippen molar-refractivity contribution >= 4 is 80.7 Å². The number of nitriles is 1. The highest BCUT2D eigenvalue weighted by atomic mass is 32.1. The van der Waals surface area contributed by atoms with Crippen molar-refractivity contribution in [1.29, 1.82) is 5.26 Å². The van der Waals surface area contributed by atoms with Gasteiger partial charge in [0.1, 0.15) is 11.6 Å². The van der Waals surface area contributed by atoms with Crippen molar-refractivity contribution in [3.8, 4) is 6.07 Å². The minimum absolute atomic E-state index is 0.0433. The van der Waals surface area contributed by atoms with Crippen LogP contribution in [0.2, 0.25) is 0 Å². The van der Waals surface area contributed by atoms with E-state index >= 15 is 0 Å². The van der Waals surface area contributed by atoms with Crippen LogP contribution in [0.4, 0.5) is 5.82 Å². The van der Waals surface area contributed by atoms with Crippen molar-refractivity contribution < 1.29 is 0 Å². The van der Waals surface area contributed by atoms with Crippen molar-refractivity contribution in [3.63, 3.8) is 0 Å². The number of fused-ring (bicyclic) bond motifs is 10. The van der Waals surface area contributed by atoms with Gasteiger partial charge < -0.3 is 4.85 Å². The van der Waals surface area contributed by atoms with Gasteiger partial charge in [-0.3, -0.25) is 0 Å². The lowest BCUT2D eigenvalue weighted by molar-refractivity contribution is 1.27. The topological polar surface area (TPSA) is 53.9 Å². The largest absolute Gasteiger partial charge is 0.358 e. The first-order chi connectivity index (χ1) is 16.2. The summed E-state index contributed by atoms with van der Waals surface area (Å²) in [5.41, 5.74) is 1.38. The van der Waals surface area contributed by atoms with E-state index in [4.69, 9.17) is 6.57 Å². The van der Waals surface area contributed by atoms with Gasteiger partial charge in [0.15, 0.2) is 11.2 Å². The molecular weight excluding hydrogens is 424 g/mol. The SMILES string of the molecule is [C-]#[N+]c1nc2c3cc4c(cc3c3cc5ccccc5cc3c2nc1C#N)sc1ccccc14. The normalized spacial score (nSPS) is 11.6. The maximum absolute atomic E-state index is 9.60. The number of hydrogen-bond acceptors (Lipinski definition) is 4. The lowest BCUT2D eigenvalue weighted by atomic mass is 9.95. The summed E-state index contributed by atoms with van der Waals surface area (Å²) in [6.45, 7) is 7.53. The summed E-state index contributed by atoms with van der Waals surface area (Å²) in [5, 5.41) is 18.3. The summed E-state index contributed by atoms with van der Waals surface area (Å²) in [5.74, 6) is 0.0433. The molecule has 33 heavy (non-hydrogen) atoms. The molecule has 0 aliphatic rings. The van der Waals surface area contributed by atoms with E-state index in [2.05, 4.69) is 81.5 Å². The zero-order chi connectivity index (χ0) is 22.1. The lowest BCUT2D eigenvalue weighted by Gasteiger charge is -2.10. The molecule has 0 unspecified atom stereocenters. The molecule has 0 amide bonds. The molecule has 5 aromatic carbocycles. The molecule has 0 bridgehead atoms. The Kier molecular flexibility index (Phi) is 3.53. The second kappa shape index (κ2) is 6.46. The van der Waals surface area contributed by atoms with E-state index in [1.54, 1.807) is 11.3 Å². The molecule has 2 heterocycles. The van der Waals surface area contributed by atoms with Gasteiger partial charge in [0.2, 0.25) is 0 Å². The standard InChI is InChI=1S/C28H12N4S/c1-30-28-23(14-29)31-26-21-11-16-7-3-2-6-15(16)10-18(21)19-13-25-20(12-22(19)27(26)32-28)17-8-4-5-9-24(17)33-25/h2-13H. The van der Waals surface area contributed by atoms with E-state index < -0.39 is 0 Å². The second-order valence-corrected chi connectivity index (χ2v) is 9.14. The third kappa shape index (κ3) is 2.43. The second-order valence-electron chi connectivity index (χ2n) is 8.05. The molecular formula is C28H12N4S. The van der Waals surface area contributed by atoms with Crippen LogP contribution in [0, 0.1) is 17.9 Å². The van der Waals surface area contributed by atoms with Gasteiger partial charge in [-0.1, -0.05) is 49.0 Å². The van der Waals surface area contributed by atoms with Gasteiger partial charge in [-0.05, 0) is 51.9 Å². The molecule has 4 nitrogen and oxygen atoms in total. The van der Waals surface area contributed by atoms with E-state index in [0.29, 0.717) is 11.0 Å². The highest BCUT2D eigenvalue weighted by Gasteiger charge is 2.19. The van der Waals surface area contributed by atoms with Crippen molar-refractivity contribution in [2.24, 2.45) is 0 Å². The molecule has 0 aliphatic carbocycles. The van der Waals surface area contributed by atoms with Gasteiger partial charge in [-0.25, -0.2) is 4.98 Å². The van der Waals surface area contributed by atoms with E-state index in [1.807, 2.05) is 12.1 Å². The third-order valence-corrected chi connectivity index (χ3v) is 7.43. The third-order valence-electron chi connectivity index (χ3n) is 6.29. The summed E-state index contributed by atoms with van der Waals surface area (Å²) in [7, 11) is 0. The minimum atomic E-state index is 0.0433. The van der Waals surface area contributed by atoms with Crippen LogP contribution in [-0.2, 0) is 0 Å². The number of rotatable bonds is 0. The summed E-state index contributed by atoms with van der Waals surface area (Å²) < 4.78 is 2.45. The molecule has 0 saturated heterocycles. The molecule has 0 spiro atoms. The maximum atomic E-state index is 9.60. The zero-order valence-electron chi connectivity index (χ0n) is 17.1. The number of thiophene rings is 1. The highest BCUT2D eigenvalue weighted by molar-refractivity contribution is 7.25. The molecule has 0 fully saturated rings. The molecule has 0 aliphatic heterocycles. The molecule has 7 aromatic rings. The van der Waals surface area contributed by atoms with Crippen LogP contribution < -0.4 is 0 Å². The van der Waals surface area contributed by atoms with Crippen LogP contribution in [-0.4, -0.2) is 9.97 Å². The first kappa shape index (κ1) is 18.0. The summed E-state index contributed by atoms with van der Waals surface area (Å²) in [6.07, 6.45) is 0. The molecule has 5 heteroatoms. The number of hydrogen-bond donors (Lipinski definition) is 0. The predicted octanol–water partition coefficient (Wildman–Crippen LogP) is 7.88. The smallest absolute Gasteiger partial charge is 0.307 e. The van der Waals surface area contributed by atoms with Crippen molar-refractivity contribution in [2.75, 3.05) is 0 Å². The summed E-state index contributed by atoms with van der Waals surface area (Å²) in [4.78, 5) is 12.8. The Morgan fingerprint density at radius 1 is 0.697 bits per heavy atom. The van der Waals surface area contributed by atoms with Gasteiger partial charge in [0.25, 0.3) is 0 Å². The number of aromatic nitrogens is 2. The van der Waals surface area contributed by atoms with Crippen LogP contribution >= 0.6 is 11.3 Å². The summed E-state index contributed by atoms with van der Waals surface area (Å²) in [6, 6.07) is 27.4. The van der Waals surface area contributed by atoms with Crippen molar-refractivity contribution in [2.45, 2.75) is 0 Å². The lowest BCUT2D eigenvalue weighted by Crippen LogP contribution is -1.93. The van der Waals surface area contributed by atoms with Crippen molar-refractivity contribution in [3.05, 3.63) is 89.9 Å². The molecule has 0 radical (unpaired) electrons. The fraction of sp³-hybridized carbons (Fsp3) is 0. The predicted molar refractivity (Wildman–Crippen MR) is 136 cm³/mol. The van der Waals surface area contributed by atoms with Gasteiger partial charge in [0.05, 0.1) is 0 Å². The summed E-state index contributed by atoms with van der Waals surface area (Å²) >= 11 is 1.78. The molecule has 0 N–H and O–H groups in total. The Labute approximate surface area is 191 Å². The van der Waals surface area contributed by atoms with Crippen molar-refractivity contribution in [1.82, 2.24) is 9.97 Å². The Morgan fingerprint density at radius 3 is 2.15 bits per heavy atom. The first-order valence-electron chi connectivity index (χ1n) is 10.4. The van der Waals surface area contributed by atoms with E-state index in [0.717, 1.165) is 32.3 Å². The Balaban J connectivity index is 1.80. The van der Waals surface area contributed by atoms with Crippen LogP contribution in [0.1, 0.15) is 5.69 Å². The maximum Gasteiger partial charge on any atom is 0.307 e. The van der Waals surface area contributed by atoms with Gasteiger partial charge in [-0.15, -0.1) is 16.3 Å². The van der Waals surface area contributed by atoms with Gasteiger partial charge >= 0.3 is 5.82 Å². The van der Waals surface area contributed by atoms with E-state index in [-0.39, 0.29) is 11.5 Å². The highest BCUT2D eigenvalue weighted by Crippen LogP contribution is 2.42. The van der Waals surface area contributed by atoms with Crippen LogP contribution in [0.15, 0.2) is 72.8 Å². The van der Waals surface area contributed by atoms with Crippen LogP contribution in [0.3, 0.4) is 0 Å². The quantitative estimate of drug-likeness (QED) is 0.138. The number of benzene rings is 5. The molecule has 7 rings (SSSR count). The molecule has 0 saturated carbocycles. The number of nitrogens with zero attached hydrogens (tertiary/aromatic N) is 4. The first-order valence-corrected chi connectivity index (χ1v) is 11.3. The Hall–Kier alpha value is -4.58. The minimum Gasteiger partial charge on any atom is -0.358 e. The average molecular weight is 436 g/mol. The zero-order valence-corrected chi connectivity index (χ0v) is 17.9. The monoisotopic (exact) mass is 436 g/mol. The van der Waals surface area contributed by atoms with Crippen LogP contribution in [0.25, 0.3) is 68.4 Å². The van der Waals surface area contributed by atoms with Crippen LogP contribution in [0.5, 0.6) is 0 Å². The fourth-order valence-electron chi connectivity index (χ4n) is 4.80. The Morgan fingerprint density at radius 2 is 1.36 bits per heavy atom. The molecule has 150 valence electrons. The van der Waals surface area contributed by atoms with E-state index in [1.165, 1.54) is 20.2 Å². The van der Waals surface area contributed by atoms with Gasteiger partial charge in [-0.2, -0.15) is 5.26 Å². The average Bonchev–Trinajstić information content (AvgIpc) is 3.23. The fourth-order valence-corrected chi connectivity index (χ4v) is 5.93. The van der Waals surface area contributed by atoms with E-state index in [9.17, 15) is 5.26 Å².